The molecule has 4 rings (SSSR count). The lowest BCUT2D eigenvalue weighted by Gasteiger charge is -2.09. The molecule has 0 aromatic heterocycles. The van der Waals surface area contributed by atoms with Gasteiger partial charge in [0.05, 0.1) is 0 Å². The van der Waals surface area contributed by atoms with Gasteiger partial charge in [-0.15, -0.1) is 0 Å². The van der Waals surface area contributed by atoms with Crippen molar-refractivity contribution < 1.29 is 27.8 Å². The van der Waals surface area contributed by atoms with Gasteiger partial charge in [0, 0.05) is 36.1 Å². The van der Waals surface area contributed by atoms with Crippen LogP contribution in [0, 0.1) is 25.5 Å². The van der Waals surface area contributed by atoms with E-state index in [9.17, 15) is 18.4 Å². The minimum atomic E-state index is -0.468. The van der Waals surface area contributed by atoms with Crippen LogP contribution in [0.2, 0.25) is 0 Å². The highest BCUT2D eigenvalue weighted by Gasteiger charge is 2.12. The van der Waals surface area contributed by atoms with Gasteiger partial charge in [-0.3, -0.25) is 9.59 Å². The Morgan fingerprint density at radius 2 is 0.949 bits per heavy atom. The van der Waals surface area contributed by atoms with E-state index in [4.69, 9.17) is 9.47 Å². The SMILES string of the molecule is Cc1ccc(-c2ccc(OC(=O)CCCCCC(=O)Oc3ccc(-c4ccc(C)cc4)c(F)c3)cc2F)cc1. The highest BCUT2D eigenvalue weighted by atomic mass is 19.1. The van der Waals surface area contributed by atoms with Crippen molar-refractivity contribution >= 4 is 11.9 Å². The average Bonchev–Trinajstić information content (AvgIpc) is 2.90. The van der Waals surface area contributed by atoms with Crippen molar-refractivity contribution in [2.45, 2.75) is 46.0 Å². The van der Waals surface area contributed by atoms with Gasteiger partial charge in [0.25, 0.3) is 0 Å². The number of carbonyl (C=O) groups is 2. The molecule has 0 aliphatic carbocycles. The lowest BCUT2D eigenvalue weighted by atomic mass is 10.0. The lowest BCUT2D eigenvalue weighted by Crippen LogP contribution is -2.09. The Morgan fingerprint density at radius 3 is 1.31 bits per heavy atom. The van der Waals surface area contributed by atoms with Gasteiger partial charge in [-0.25, -0.2) is 8.78 Å². The number of hydrogen-bond acceptors (Lipinski definition) is 4. The minimum absolute atomic E-state index is 0.141. The quantitative estimate of drug-likeness (QED) is 0.118. The predicted molar refractivity (Wildman–Crippen MR) is 148 cm³/mol. The fourth-order valence-corrected chi connectivity index (χ4v) is 4.13. The number of ether oxygens (including phenoxy) is 2. The third kappa shape index (κ3) is 7.84. The van der Waals surface area contributed by atoms with Crippen molar-refractivity contribution in [3.63, 3.8) is 0 Å². The Morgan fingerprint density at radius 1 is 0.564 bits per heavy atom. The third-order valence-corrected chi connectivity index (χ3v) is 6.33. The lowest BCUT2D eigenvalue weighted by molar-refractivity contribution is -0.134. The standard InChI is InChI=1S/C33H30F2O4/c1-22-8-12-24(13-9-22)28-18-16-26(20-30(28)34)38-32(36)6-4-3-5-7-33(37)39-27-17-19-29(31(35)21-27)25-14-10-23(2)11-15-25/h8-21H,3-7H2,1-2H3. The molecule has 0 N–H and O–H groups in total. The van der Waals surface area contributed by atoms with E-state index < -0.39 is 23.6 Å². The van der Waals surface area contributed by atoms with Crippen molar-refractivity contribution in [1.29, 1.82) is 0 Å². The summed E-state index contributed by atoms with van der Waals surface area (Å²) in [7, 11) is 0. The van der Waals surface area contributed by atoms with Gasteiger partial charge in [-0.1, -0.05) is 66.1 Å². The summed E-state index contributed by atoms with van der Waals surface area (Å²) >= 11 is 0. The fourth-order valence-electron chi connectivity index (χ4n) is 4.13. The topological polar surface area (TPSA) is 52.6 Å². The molecule has 4 aromatic rings. The number of hydrogen-bond donors (Lipinski definition) is 0. The van der Waals surface area contributed by atoms with E-state index in [1.807, 2.05) is 62.4 Å². The van der Waals surface area contributed by atoms with Crippen LogP contribution in [0.4, 0.5) is 8.78 Å². The van der Waals surface area contributed by atoms with Crippen LogP contribution in [0.1, 0.15) is 43.2 Å². The van der Waals surface area contributed by atoms with Crippen LogP contribution in [0.25, 0.3) is 22.3 Å². The first-order valence-corrected chi connectivity index (χ1v) is 12.9. The summed E-state index contributed by atoms with van der Waals surface area (Å²) in [4.78, 5) is 24.3. The van der Waals surface area contributed by atoms with Crippen LogP contribution in [-0.2, 0) is 9.59 Å². The van der Waals surface area contributed by atoms with Crippen LogP contribution in [0.15, 0.2) is 84.9 Å². The molecule has 39 heavy (non-hydrogen) atoms. The van der Waals surface area contributed by atoms with E-state index in [0.717, 1.165) is 22.3 Å². The molecule has 6 heteroatoms. The number of halogens is 2. The highest BCUT2D eigenvalue weighted by Crippen LogP contribution is 2.28. The number of esters is 2. The first-order chi connectivity index (χ1) is 18.8. The Hall–Kier alpha value is -4.32. The Labute approximate surface area is 227 Å². The second-order valence-corrected chi connectivity index (χ2v) is 9.52. The minimum Gasteiger partial charge on any atom is -0.426 e. The molecule has 0 spiro atoms. The number of carbonyl (C=O) groups excluding carboxylic acids is 2. The maximum absolute atomic E-state index is 14.5. The van der Waals surface area contributed by atoms with Crippen LogP contribution < -0.4 is 9.47 Å². The summed E-state index contributed by atoms with van der Waals surface area (Å²) in [6.07, 6.45) is 1.90. The van der Waals surface area contributed by atoms with Gasteiger partial charge in [0.1, 0.15) is 23.1 Å². The Bertz CT molecular complexity index is 1330. The molecule has 0 heterocycles. The molecule has 0 aliphatic rings. The average molecular weight is 529 g/mol. The first kappa shape index (κ1) is 27.7. The smallest absolute Gasteiger partial charge is 0.311 e. The molecule has 200 valence electrons. The molecular weight excluding hydrogens is 498 g/mol. The van der Waals surface area contributed by atoms with E-state index in [-0.39, 0.29) is 24.3 Å². The Balaban J connectivity index is 1.17. The molecule has 0 saturated heterocycles. The van der Waals surface area contributed by atoms with Crippen molar-refractivity contribution in [3.8, 4) is 33.8 Å². The maximum Gasteiger partial charge on any atom is 0.311 e. The zero-order valence-corrected chi connectivity index (χ0v) is 22.0. The van der Waals surface area contributed by atoms with Gasteiger partial charge in [0.2, 0.25) is 0 Å². The number of benzene rings is 4. The van der Waals surface area contributed by atoms with E-state index >= 15 is 0 Å². The summed E-state index contributed by atoms with van der Waals surface area (Å²) in [6.45, 7) is 3.92. The van der Waals surface area contributed by atoms with Crippen LogP contribution >= 0.6 is 0 Å². The zero-order chi connectivity index (χ0) is 27.8. The molecule has 0 aliphatic heterocycles. The number of aryl methyl sites for hydroxylation is 2. The predicted octanol–water partition coefficient (Wildman–Crippen LogP) is 8.38. The molecule has 0 unspecified atom stereocenters. The molecule has 0 amide bonds. The van der Waals surface area contributed by atoms with Crippen molar-refractivity contribution in [3.05, 3.63) is 108 Å². The second kappa shape index (κ2) is 13.0. The van der Waals surface area contributed by atoms with Gasteiger partial charge >= 0.3 is 11.9 Å². The molecule has 0 bridgehead atoms. The van der Waals surface area contributed by atoms with E-state index in [1.54, 1.807) is 24.3 Å². The summed E-state index contributed by atoms with van der Waals surface area (Å²) < 4.78 is 39.6. The molecule has 0 radical (unpaired) electrons. The fraction of sp³-hybridized carbons (Fsp3) is 0.212. The van der Waals surface area contributed by atoms with Gasteiger partial charge in [-0.2, -0.15) is 0 Å². The van der Waals surface area contributed by atoms with E-state index in [1.165, 1.54) is 12.1 Å². The molecular formula is C33H30F2O4. The van der Waals surface area contributed by atoms with E-state index in [0.29, 0.717) is 30.4 Å². The summed E-state index contributed by atoms with van der Waals surface area (Å²) in [5.74, 6) is -1.57. The highest BCUT2D eigenvalue weighted by molar-refractivity contribution is 5.74. The van der Waals surface area contributed by atoms with E-state index in [2.05, 4.69) is 0 Å². The summed E-state index contributed by atoms with van der Waals surface area (Å²) in [5, 5.41) is 0. The third-order valence-electron chi connectivity index (χ3n) is 6.33. The van der Waals surface area contributed by atoms with Crippen LogP contribution in [-0.4, -0.2) is 11.9 Å². The van der Waals surface area contributed by atoms with Crippen molar-refractivity contribution in [2.75, 3.05) is 0 Å². The molecule has 4 nitrogen and oxygen atoms in total. The van der Waals surface area contributed by atoms with Crippen LogP contribution in [0.5, 0.6) is 11.5 Å². The van der Waals surface area contributed by atoms with Crippen molar-refractivity contribution in [2.24, 2.45) is 0 Å². The van der Waals surface area contributed by atoms with Gasteiger partial charge in [0.15, 0.2) is 0 Å². The molecule has 0 saturated carbocycles. The second-order valence-electron chi connectivity index (χ2n) is 9.52. The summed E-state index contributed by atoms with van der Waals surface area (Å²) in [6, 6.07) is 23.8. The monoisotopic (exact) mass is 528 g/mol. The largest absolute Gasteiger partial charge is 0.426 e. The number of unbranched alkanes of at least 4 members (excludes halogenated alkanes) is 2. The molecule has 0 fully saturated rings. The summed E-state index contributed by atoms with van der Waals surface area (Å²) in [5.41, 5.74) is 4.54. The normalized spacial score (nSPS) is 10.8. The van der Waals surface area contributed by atoms with Crippen LogP contribution in [0.3, 0.4) is 0 Å². The zero-order valence-electron chi connectivity index (χ0n) is 22.0. The Kier molecular flexibility index (Phi) is 9.21. The molecule has 4 aromatic carbocycles. The van der Waals surface area contributed by atoms with Gasteiger partial charge in [-0.05, 0) is 62.1 Å². The maximum atomic E-state index is 14.5. The van der Waals surface area contributed by atoms with Gasteiger partial charge < -0.3 is 9.47 Å². The van der Waals surface area contributed by atoms with Crippen molar-refractivity contribution in [1.82, 2.24) is 0 Å². The molecule has 0 atom stereocenters. The number of rotatable bonds is 10. The first-order valence-electron chi connectivity index (χ1n) is 12.9.